The quantitative estimate of drug-likeness (QED) is 0.478. The van der Waals surface area contributed by atoms with E-state index in [9.17, 15) is 4.79 Å². The first kappa shape index (κ1) is 14.3. The van der Waals surface area contributed by atoms with Gasteiger partial charge in [-0.2, -0.15) is 0 Å². The van der Waals surface area contributed by atoms with Gasteiger partial charge in [0.2, 0.25) is 0 Å². The maximum atomic E-state index is 12.3. The molecule has 3 aliphatic carbocycles. The second kappa shape index (κ2) is 5.73. The van der Waals surface area contributed by atoms with Crippen LogP contribution in [0.25, 0.3) is 0 Å². The van der Waals surface area contributed by atoms with Gasteiger partial charge in [-0.15, -0.1) is 0 Å². The SMILES string of the molecule is CC1=CC(Oc2ccc(OC(=O)C3CC4C=CC3C4)cc2)C=C1. The zero-order valence-electron chi connectivity index (χ0n) is 13.1. The van der Waals surface area contributed by atoms with Gasteiger partial charge in [-0.3, -0.25) is 4.79 Å². The summed E-state index contributed by atoms with van der Waals surface area (Å²) in [5.41, 5.74) is 1.21. The molecular weight excluding hydrogens is 288 g/mol. The van der Waals surface area contributed by atoms with E-state index in [1.54, 1.807) is 12.1 Å². The van der Waals surface area contributed by atoms with Gasteiger partial charge in [-0.05, 0) is 68.0 Å². The average molecular weight is 308 g/mol. The molecule has 1 aromatic carbocycles. The third-order valence-electron chi connectivity index (χ3n) is 4.87. The highest BCUT2D eigenvalue weighted by Crippen LogP contribution is 2.44. The lowest BCUT2D eigenvalue weighted by atomic mass is 9.94. The van der Waals surface area contributed by atoms with E-state index in [0.717, 1.165) is 18.6 Å². The molecule has 0 amide bonds. The summed E-state index contributed by atoms with van der Waals surface area (Å²) < 4.78 is 11.4. The Balaban J connectivity index is 1.36. The van der Waals surface area contributed by atoms with Crippen molar-refractivity contribution in [2.75, 3.05) is 0 Å². The van der Waals surface area contributed by atoms with Crippen LogP contribution in [0.1, 0.15) is 19.8 Å². The van der Waals surface area contributed by atoms with Crippen LogP contribution in [0.15, 0.2) is 60.2 Å². The number of rotatable bonds is 4. The van der Waals surface area contributed by atoms with Gasteiger partial charge in [0.1, 0.15) is 17.6 Å². The Hall–Kier alpha value is -2.29. The maximum Gasteiger partial charge on any atom is 0.314 e. The van der Waals surface area contributed by atoms with Crippen molar-refractivity contribution >= 4 is 5.97 Å². The van der Waals surface area contributed by atoms with Gasteiger partial charge in [-0.25, -0.2) is 0 Å². The molecule has 1 saturated carbocycles. The number of carbonyl (C=O) groups is 1. The number of ether oxygens (including phenoxy) is 2. The van der Waals surface area contributed by atoms with Crippen LogP contribution in [0.5, 0.6) is 11.5 Å². The van der Waals surface area contributed by atoms with Crippen LogP contribution in [-0.2, 0) is 4.79 Å². The van der Waals surface area contributed by atoms with Crippen molar-refractivity contribution in [1.29, 1.82) is 0 Å². The van der Waals surface area contributed by atoms with E-state index >= 15 is 0 Å². The van der Waals surface area contributed by atoms with Crippen LogP contribution in [0.3, 0.4) is 0 Å². The Kier molecular flexibility index (Phi) is 3.56. The van der Waals surface area contributed by atoms with Crippen molar-refractivity contribution in [3.63, 3.8) is 0 Å². The fourth-order valence-corrected chi connectivity index (χ4v) is 3.68. The molecule has 3 aliphatic rings. The summed E-state index contributed by atoms with van der Waals surface area (Å²) in [6.07, 6.45) is 12.6. The van der Waals surface area contributed by atoms with Crippen molar-refractivity contribution in [2.24, 2.45) is 17.8 Å². The van der Waals surface area contributed by atoms with Crippen LogP contribution < -0.4 is 9.47 Å². The summed E-state index contributed by atoms with van der Waals surface area (Å²) in [6.45, 7) is 2.05. The molecule has 1 aromatic rings. The Bertz CT molecular complexity index is 696. The first-order valence-electron chi connectivity index (χ1n) is 8.21. The molecule has 3 heteroatoms. The van der Waals surface area contributed by atoms with Crippen molar-refractivity contribution in [2.45, 2.75) is 25.9 Å². The maximum absolute atomic E-state index is 12.3. The summed E-state index contributed by atoms with van der Waals surface area (Å²) in [5.74, 6) is 2.23. The van der Waals surface area contributed by atoms with E-state index in [-0.39, 0.29) is 18.0 Å². The van der Waals surface area contributed by atoms with Crippen molar-refractivity contribution in [1.82, 2.24) is 0 Å². The number of hydrogen-bond donors (Lipinski definition) is 0. The Labute approximate surface area is 136 Å². The Morgan fingerprint density at radius 3 is 2.43 bits per heavy atom. The fourth-order valence-electron chi connectivity index (χ4n) is 3.68. The molecule has 0 radical (unpaired) electrons. The smallest absolute Gasteiger partial charge is 0.314 e. The van der Waals surface area contributed by atoms with Crippen molar-refractivity contribution < 1.29 is 14.3 Å². The molecule has 4 rings (SSSR count). The zero-order chi connectivity index (χ0) is 15.8. The summed E-state index contributed by atoms with van der Waals surface area (Å²) in [6, 6.07) is 7.29. The predicted molar refractivity (Wildman–Crippen MR) is 88.2 cm³/mol. The molecule has 0 aliphatic heterocycles. The molecule has 0 aromatic heterocycles. The van der Waals surface area contributed by atoms with E-state index in [4.69, 9.17) is 9.47 Å². The molecule has 118 valence electrons. The molecule has 4 atom stereocenters. The third-order valence-corrected chi connectivity index (χ3v) is 4.87. The van der Waals surface area contributed by atoms with Gasteiger partial charge in [0, 0.05) is 0 Å². The topological polar surface area (TPSA) is 35.5 Å². The fraction of sp³-hybridized carbons (Fsp3) is 0.350. The lowest BCUT2D eigenvalue weighted by Gasteiger charge is -2.16. The number of allylic oxidation sites excluding steroid dienone is 4. The normalized spacial score (nSPS) is 30.6. The molecule has 0 N–H and O–H groups in total. The number of carbonyl (C=O) groups excluding carboxylic acids is 1. The summed E-state index contributed by atoms with van der Waals surface area (Å²) in [7, 11) is 0. The highest BCUT2D eigenvalue weighted by atomic mass is 16.5. The monoisotopic (exact) mass is 308 g/mol. The van der Waals surface area contributed by atoms with E-state index < -0.39 is 0 Å². The van der Waals surface area contributed by atoms with E-state index in [0.29, 0.717) is 17.6 Å². The van der Waals surface area contributed by atoms with Crippen LogP contribution in [0.4, 0.5) is 0 Å². The van der Waals surface area contributed by atoms with Gasteiger partial charge < -0.3 is 9.47 Å². The van der Waals surface area contributed by atoms with Gasteiger partial charge in [0.05, 0.1) is 5.92 Å². The Morgan fingerprint density at radius 1 is 1.04 bits per heavy atom. The second-order valence-corrected chi connectivity index (χ2v) is 6.63. The molecule has 0 spiro atoms. The van der Waals surface area contributed by atoms with Gasteiger partial charge >= 0.3 is 5.97 Å². The lowest BCUT2D eigenvalue weighted by molar-refractivity contribution is -0.139. The number of hydrogen-bond acceptors (Lipinski definition) is 3. The number of benzene rings is 1. The molecule has 23 heavy (non-hydrogen) atoms. The molecule has 4 unspecified atom stereocenters. The number of esters is 1. The van der Waals surface area contributed by atoms with Gasteiger partial charge in [0.15, 0.2) is 0 Å². The number of fused-ring (bicyclic) bond motifs is 2. The first-order chi connectivity index (χ1) is 11.2. The molecular formula is C20H20O3. The molecule has 0 saturated heterocycles. The predicted octanol–water partition coefficient (Wildman–Crippen LogP) is 4.07. The van der Waals surface area contributed by atoms with Crippen molar-refractivity contribution in [3.05, 3.63) is 60.2 Å². The highest BCUT2D eigenvalue weighted by Gasteiger charge is 2.40. The summed E-state index contributed by atoms with van der Waals surface area (Å²) in [4.78, 5) is 12.3. The van der Waals surface area contributed by atoms with Crippen molar-refractivity contribution in [3.8, 4) is 11.5 Å². The molecule has 3 nitrogen and oxygen atoms in total. The van der Waals surface area contributed by atoms with Crippen LogP contribution in [-0.4, -0.2) is 12.1 Å². The lowest BCUT2D eigenvalue weighted by Crippen LogP contribution is -2.23. The first-order valence-corrected chi connectivity index (χ1v) is 8.21. The Morgan fingerprint density at radius 2 is 1.83 bits per heavy atom. The zero-order valence-corrected chi connectivity index (χ0v) is 13.1. The third kappa shape index (κ3) is 2.96. The minimum Gasteiger partial charge on any atom is -0.482 e. The van der Waals surface area contributed by atoms with Gasteiger partial charge in [0.25, 0.3) is 0 Å². The average Bonchev–Trinajstić information content (AvgIpc) is 3.26. The molecule has 1 fully saturated rings. The van der Waals surface area contributed by atoms with E-state index in [1.165, 1.54) is 5.57 Å². The van der Waals surface area contributed by atoms with E-state index in [1.807, 2.05) is 31.2 Å². The largest absolute Gasteiger partial charge is 0.482 e. The molecule has 2 bridgehead atoms. The van der Waals surface area contributed by atoms with Crippen LogP contribution >= 0.6 is 0 Å². The summed E-state index contributed by atoms with van der Waals surface area (Å²) >= 11 is 0. The molecule has 0 heterocycles. The van der Waals surface area contributed by atoms with E-state index in [2.05, 4.69) is 18.2 Å². The summed E-state index contributed by atoms with van der Waals surface area (Å²) in [5, 5.41) is 0. The standard InChI is InChI=1S/C20H20O3/c1-13-2-5-18(10-13)22-16-6-8-17(9-7-16)23-20(21)19-12-14-3-4-15(19)11-14/h2-10,14-15,18-19H,11-12H2,1H3. The minimum atomic E-state index is -0.104. The van der Waals surface area contributed by atoms with Crippen LogP contribution in [0.2, 0.25) is 0 Å². The van der Waals surface area contributed by atoms with Crippen LogP contribution in [0, 0.1) is 17.8 Å². The second-order valence-electron chi connectivity index (χ2n) is 6.63. The van der Waals surface area contributed by atoms with Gasteiger partial charge in [-0.1, -0.05) is 23.8 Å². The highest BCUT2D eigenvalue weighted by molar-refractivity contribution is 5.76. The minimum absolute atomic E-state index is 0.00998.